The molecule has 0 aromatic carbocycles. The number of aliphatic carboxylic acids is 1. The zero-order valence-electron chi connectivity index (χ0n) is 12.2. The molecule has 0 amide bonds. The Hall–Kier alpha value is -0.790. The minimum absolute atomic E-state index is 0.525. The zero-order chi connectivity index (χ0) is 13.7. The number of allylic oxidation sites excluding steroid dienone is 1. The molecule has 0 saturated heterocycles. The van der Waals surface area contributed by atoms with Crippen molar-refractivity contribution in [3.8, 4) is 0 Å². The first-order valence-electron chi connectivity index (χ1n) is 8.10. The van der Waals surface area contributed by atoms with E-state index >= 15 is 0 Å². The van der Waals surface area contributed by atoms with Gasteiger partial charge in [-0.3, -0.25) is 0 Å². The average Bonchev–Trinajstić information content (AvgIpc) is 2.46. The van der Waals surface area contributed by atoms with E-state index in [1.54, 1.807) is 6.92 Å². The fourth-order valence-electron chi connectivity index (χ4n) is 4.06. The van der Waals surface area contributed by atoms with Gasteiger partial charge in [0.1, 0.15) is 0 Å². The van der Waals surface area contributed by atoms with E-state index < -0.39 is 5.97 Å². The average molecular weight is 264 g/mol. The Labute approximate surface area is 117 Å². The van der Waals surface area contributed by atoms with Crippen LogP contribution in [0.2, 0.25) is 0 Å². The molecular formula is C17H28O2. The van der Waals surface area contributed by atoms with Gasteiger partial charge in [0.15, 0.2) is 0 Å². The zero-order valence-corrected chi connectivity index (χ0v) is 12.2. The summed E-state index contributed by atoms with van der Waals surface area (Å²) in [6, 6.07) is 0. The van der Waals surface area contributed by atoms with Crippen LogP contribution in [0.3, 0.4) is 0 Å². The largest absolute Gasteiger partial charge is 0.478 e. The lowest BCUT2D eigenvalue weighted by Gasteiger charge is -2.36. The fourth-order valence-corrected chi connectivity index (χ4v) is 4.06. The van der Waals surface area contributed by atoms with Crippen molar-refractivity contribution in [3.63, 3.8) is 0 Å². The topological polar surface area (TPSA) is 37.3 Å². The molecule has 0 bridgehead atoms. The number of carboxylic acid groups (broad SMARTS) is 1. The molecule has 2 heteroatoms. The lowest BCUT2D eigenvalue weighted by molar-refractivity contribution is -0.132. The van der Waals surface area contributed by atoms with Crippen LogP contribution in [0, 0.1) is 17.8 Å². The van der Waals surface area contributed by atoms with Gasteiger partial charge in [-0.1, -0.05) is 44.6 Å². The van der Waals surface area contributed by atoms with Crippen LogP contribution in [-0.4, -0.2) is 11.1 Å². The van der Waals surface area contributed by atoms with Crippen molar-refractivity contribution in [2.24, 2.45) is 17.8 Å². The minimum Gasteiger partial charge on any atom is -0.478 e. The minimum atomic E-state index is -0.739. The maximum atomic E-state index is 11.1. The molecule has 2 rings (SSSR count). The summed E-state index contributed by atoms with van der Waals surface area (Å²) in [5.41, 5.74) is 0.557. The molecule has 0 aromatic rings. The predicted octanol–water partition coefficient (Wildman–Crippen LogP) is 4.79. The van der Waals surface area contributed by atoms with Gasteiger partial charge in [0.2, 0.25) is 0 Å². The highest BCUT2D eigenvalue weighted by atomic mass is 16.4. The van der Waals surface area contributed by atoms with Gasteiger partial charge in [-0.15, -0.1) is 0 Å². The Kier molecular flexibility index (Phi) is 5.47. The molecule has 1 N–H and O–H groups in total. The molecule has 2 fully saturated rings. The SMILES string of the molecule is CC(=CC(C1CCCCC1)C1CCCCC1)C(=O)O. The van der Waals surface area contributed by atoms with Crippen LogP contribution in [0.5, 0.6) is 0 Å². The summed E-state index contributed by atoms with van der Waals surface area (Å²) in [5.74, 6) is 1.27. The Bertz CT molecular complexity index is 302. The van der Waals surface area contributed by atoms with E-state index in [9.17, 15) is 4.79 Å². The van der Waals surface area contributed by atoms with Crippen LogP contribution in [0.1, 0.15) is 71.1 Å². The molecule has 0 unspecified atom stereocenters. The number of hydrogen-bond donors (Lipinski definition) is 1. The first-order valence-corrected chi connectivity index (χ1v) is 8.10. The molecule has 2 saturated carbocycles. The van der Waals surface area contributed by atoms with E-state index in [4.69, 9.17) is 5.11 Å². The highest BCUT2D eigenvalue weighted by Crippen LogP contribution is 2.41. The van der Waals surface area contributed by atoms with Crippen LogP contribution in [0.15, 0.2) is 11.6 Å². The Morgan fingerprint density at radius 1 is 0.947 bits per heavy atom. The van der Waals surface area contributed by atoms with E-state index in [1.807, 2.05) is 0 Å². The number of hydrogen-bond acceptors (Lipinski definition) is 1. The second kappa shape index (κ2) is 7.12. The molecule has 2 nitrogen and oxygen atoms in total. The Morgan fingerprint density at radius 2 is 1.37 bits per heavy atom. The fraction of sp³-hybridized carbons (Fsp3) is 0.824. The van der Waals surface area contributed by atoms with Crippen LogP contribution in [0.4, 0.5) is 0 Å². The maximum absolute atomic E-state index is 11.1. The quantitative estimate of drug-likeness (QED) is 0.741. The lowest BCUT2D eigenvalue weighted by Crippen LogP contribution is -2.26. The highest BCUT2D eigenvalue weighted by Gasteiger charge is 2.30. The molecular weight excluding hydrogens is 236 g/mol. The van der Waals surface area contributed by atoms with Crippen LogP contribution in [0.25, 0.3) is 0 Å². The summed E-state index contributed by atoms with van der Waals surface area (Å²) in [4.78, 5) is 11.1. The van der Waals surface area contributed by atoms with Gasteiger partial charge in [0, 0.05) is 5.57 Å². The molecule has 19 heavy (non-hydrogen) atoms. The molecule has 0 aromatic heterocycles. The van der Waals surface area contributed by atoms with Crippen molar-refractivity contribution < 1.29 is 9.90 Å². The number of carboxylic acids is 1. The van der Waals surface area contributed by atoms with Gasteiger partial charge in [-0.25, -0.2) is 4.79 Å². The first kappa shape index (κ1) is 14.6. The third-order valence-electron chi connectivity index (χ3n) is 5.17. The summed E-state index contributed by atoms with van der Waals surface area (Å²) < 4.78 is 0. The van der Waals surface area contributed by atoms with Crippen LogP contribution >= 0.6 is 0 Å². The molecule has 2 aliphatic carbocycles. The first-order chi connectivity index (χ1) is 9.18. The van der Waals surface area contributed by atoms with Gasteiger partial charge in [0.25, 0.3) is 0 Å². The molecule has 0 aliphatic heterocycles. The highest BCUT2D eigenvalue weighted by molar-refractivity contribution is 5.85. The summed E-state index contributed by atoms with van der Waals surface area (Å²) >= 11 is 0. The van der Waals surface area contributed by atoms with E-state index in [0.29, 0.717) is 11.5 Å². The van der Waals surface area contributed by atoms with Crippen molar-refractivity contribution >= 4 is 5.97 Å². The van der Waals surface area contributed by atoms with Crippen molar-refractivity contribution in [2.75, 3.05) is 0 Å². The van der Waals surface area contributed by atoms with Gasteiger partial charge >= 0.3 is 5.97 Å². The van der Waals surface area contributed by atoms with E-state index in [-0.39, 0.29) is 0 Å². The second-order valence-corrected chi connectivity index (χ2v) is 6.53. The number of rotatable bonds is 4. The van der Waals surface area contributed by atoms with Gasteiger partial charge in [0.05, 0.1) is 0 Å². The summed E-state index contributed by atoms with van der Waals surface area (Å²) in [5, 5.41) is 9.16. The molecule has 0 radical (unpaired) electrons. The van der Waals surface area contributed by atoms with Crippen molar-refractivity contribution in [2.45, 2.75) is 71.1 Å². The molecule has 108 valence electrons. The van der Waals surface area contributed by atoms with E-state index in [1.165, 1.54) is 64.2 Å². The number of carbonyl (C=O) groups is 1. The predicted molar refractivity (Wildman–Crippen MR) is 78.0 cm³/mol. The smallest absolute Gasteiger partial charge is 0.330 e. The van der Waals surface area contributed by atoms with Crippen LogP contribution in [-0.2, 0) is 4.79 Å². The third-order valence-corrected chi connectivity index (χ3v) is 5.17. The standard InChI is InChI=1S/C17H28O2/c1-13(17(18)19)12-16(14-8-4-2-5-9-14)15-10-6-3-7-11-15/h12,14-16H,2-11H2,1H3,(H,18,19). The maximum Gasteiger partial charge on any atom is 0.330 e. The van der Waals surface area contributed by atoms with E-state index in [0.717, 1.165) is 11.8 Å². The molecule has 2 aliphatic rings. The Balaban J connectivity index is 2.11. The molecule has 0 atom stereocenters. The summed E-state index contributed by atoms with van der Waals surface area (Å²) in [6.45, 7) is 1.76. The monoisotopic (exact) mass is 264 g/mol. The van der Waals surface area contributed by atoms with Crippen LogP contribution < -0.4 is 0 Å². The van der Waals surface area contributed by atoms with Gasteiger partial charge in [-0.05, 0) is 50.4 Å². The third kappa shape index (κ3) is 4.09. The molecule has 0 heterocycles. The normalized spacial score (nSPS) is 23.8. The van der Waals surface area contributed by atoms with Crippen molar-refractivity contribution in [3.05, 3.63) is 11.6 Å². The van der Waals surface area contributed by atoms with E-state index in [2.05, 4.69) is 6.08 Å². The summed E-state index contributed by atoms with van der Waals surface area (Å²) in [7, 11) is 0. The molecule has 0 spiro atoms. The van der Waals surface area contributed by atoms with Gasteiger partial charge < -0.3 is 5.11 Å². The van der Waals surface area contributed by atoms with Crippen molar-refractivity contribution in [1.29, 1.82) is 0 Å². The second-order valence-electron chi connectivity index (χ2n) is 6.53. The van der Waals surface area contributed by atoms with Gasteiger partial charge in [-0.2, -0.15) is 0 Å². The Morgan fingerprint density at radius 3 is 1.74 bits per heavy atom. The lowest BCUT2D eigenvalue weighted by atomic mass is 9.69. The summed E-state index contributed by atoms with van der Waals surface area (Å²) in [6.07, 6.45) is 15.5. The van der Waals surface area contributed by atoms with Crippen molar-refractivity contribution in [1.82, 2.24) is 0 Å².